The Morgan fingerprint density at radius 1 is 1.11 bits per heavy atom. The van der Waals surface area contributed by atoms with Crippen molar-refractivity contribution in [2.75, 3.05) is 12.4 Å². The lowest BCUT2D eigenvalue weighted by Crippen LogP contribution is -2.01. The molecule has 2 aromatic rings. The van der Waals surface area contributed by atoms with Crippen molar-refractivity contribution in [3.8, 4) is 11.8 Å². The second-order valence-electron chi connectivity index (χ2n) is 3.76. The van der Waals surface area contributed by atoms with Gasteiger partial charge in [-0.15, -0.1) is 11.8 Å². The molecule has 0 radical (unpaired) electrons. The molecule has 0 heterocycles. The highest BCUT2D eigenvalue weighted by atomic mass is 32.2. The zero-order chi connectivity index (χ0) is 13.5. The van der Waals surface area contributed by atoms with Gasteiger partial charge in [-0.3, -0.25) is 0 Å². The molecule has 2 nitrogen and oxygen atoms in total. The maximum Gasteiger partial charge on any atom is 0.137 e. The largest absolute Gasteiger partial charge is 0.491 e. The van der Waals surface area contributed by atoms with Crippen molar-refractivity contribution in [1.29, 1.82) is 5.26 Å². The Morgan fingerprint density at radius 2 is 1.84 bits per heavy atom. The first kappa shape index (κ1) is 13.4. The lowest BCUT2D eigenvalue weighted by molar-refractivity contribution is 0.343. The fourth-order valence-electron chi connectivity index (χ4n) is 1.53. The van der Waals surface area contributed by atoms with Gasteiger partial charge in [-0.05, 0) is 36.4 Å². The average Bonchev–Trinajstić information content (AvgIpc) is 2.46. The van der Waals surface area contributed by atoms with Crippen LogP contribution in [0.15, 0.2) is 53.4 Å². The molecule has 0 amide bonds. The molecule has 0 aliphatic rings. The lowest BCUT2D eigenvalue weighted by Gasteiger charge is -2.07. The molecule has 0 fully saturated rings. The van der Waals surface area contributed by atoms with Crippen LogP contribution in [-0.4, -0.2) is 12.4 Å². The number of thioether (sulfide) groups is 1. The molecular weight excluding hydrogens is 261 g/mol. The highest BCUT2D eigenvalue weighted by Crippen LogP contribution is 2.20. The molecule has 2 rings (SSSR count). The maximum absolute atomic E-state index is 12.7. The maximum atomic E-state index is 12.7. The number of para-hydroxylation sites is 1. The molecule has 96 valence electrons. The van der Waals surface area contributed by atoms with E-state index < -0.39 is 0 Å². The summed E-state index contributed by atoms with van der Waals surface area (Å²) in [5.41, 5.74) is 0.536. The summed E-state index contributed by atoms with van der Waals surface area (Å²) in [6.07, 6.45) is 0. The minimum atomic E-state index is -0.233. The van der Waals surface area contributed by atoms with Crippen LogP contribution in [0.4, 0.5) is 4.39 Å². The van der Waals surface area contributed by atoms with E-state index in [4.69, 9.17) is 10.00 Å². The first-order chi connectivity index (χ1) is 9.29. The van der Waals surface area contributed by atoms with E-state index in [2.05, 4.69) is 6.07 Å². The Balaban J connectivity index is 1.81. The third-order valence-corrected chi connectivity index (χ3v) is 3.41. The molecule has 0 aliphatic heterocycles. The van der Waals surface area contributed by atoms with E-state index in [0.717, 1.165) is 10.6 Å². The van der Waals surface area contributed by atoms with Gasteiger partial charge in [-0.2, -0.15) is 5.26 Å². The van der Waals surface area contributed by atoms with Gasteiger partial charge in [0.05, 0.1) is 12.2 Å². The van der Waals surface area contributed by atoms with E-state index in [1.165, 1.54) is 12.1 Å². The van der Waals surface area contributed by atoms with E-state index in [1.807, 2.05) is 6.07 Å². The standard InChI is InChI=1S/C15H12FNOS/c16-13-5-7-14(8-6-13)19-10-9-18-15-4-2-1-3-12(15)11-17/h1-8H,9-10H2. The third-order valence-electron chi connectivity index (χ3n) is 2.43. The smallest absolute Gasteiger partial charge is 0.137 e. The van der Waals surface area contributed by atoms with Gasteiger partial charge in [0, 0.05) is 10.6 Å². The summed E-state index contributed by atoms with van der Waals surface area (Å²) in [5, 5.41) is 8.91. The van der Waals surface area contributed by atoms with Gasteiger partial charge >= 0.3 is 0 Å². The van der Waals surface area contributed by atoms with E-state index in [0.29, 0.717) is 17.9 Å². The number of benzene rings is 2. The van der Waals surface area contributed by atoms with Crippen molar-refractivity contribution < 1.29 is 9.13 Å². The van der Waals surface area contributed by atoms with Crippen LogP contribution in [0.2, 0.25) is 0 Å². The Bertz CT molecular complexity index is 577. The summed E-state index contributed by atoms with van der Waals surface area (Å²) in [6.45, 7) is 0.501. The zero-order valence-corrected chi connectivity index (χ0v) is 11.0. The molecule has 2 aromatic carbocycles. The van der Waals surface area contributed by atoms with Crippen LogP contribution in [0.3, 0.4) is 0 Å². The van der Waals surface area contributed by atoms with Crippen LogP contribution in [-0.2, 0) is 0 Å². The quantitative estimate of drug-likeness (QED) is 0.612. The predicted octanol–water partition coefficient (Wildman–Crippen LogP) is 3.87. The van der Waals surface area contributed by atoms with Crippen molar-refractivity contribution in [2.24, 2.45) is 0 Å². The Hall–Kier alpha value is -1.99. The Kier molecular flexibility index (Phi) is 4.82. The third kappa shape index (κ3) is 4.01. The molecule has 0 aromatic heterocycles. The van der Waals surface area contributed by atoms with Crippen molar-refractivity contribution in [2.45, 2.75) is 4.90 Å². The molecule has 0 bridgehead atoms. The van der Waals surface area contributed by atoms with Crippen LogP contribution in [0.5, 0.6) is 5.75 Å². The van der Waals surface area contributed by atoms with E-state index in [-0.39, 0.29) is 5.82 Å². The number of ether oxygens (including phenoxy) is 1. The number of rotatable bonds is 5. The van der Waals surface area contributed by atoms with Crippen LogP contribution in [0.25, 0.3) is 0 Å². The van der Waals surface area contributed by atoms with Gasteiger partial charge in [0.25, 0.3) is 0 Å². The summed E-state index contributed by atoms with van der Waals surface area (Å²) in [4.78, 5) is 0.999. The number of hydrogen-bond donors (Lipinski definition) is 0. The van der Waals surface area contributed by atoms with Crippen molar-refractivity contribution in [3.05, 3.63) is 59.9 Å². The summed E-state index contributed by atoms with van der Waals surface area (Å²) >= 11 is 1.59. The monoisotopic (exact) mass is 273 g/mol. The van der Waals surface area contributed by atoms with Crippen LogP contribution in [0, 0.1) is 17.1 Å². The first-order valence-corrected chi connectivity index (χ1v) is 6.78. The summed E-state index contributed by atoms with van der Waals surface area (Å²) in [6, 6.07) is 15.6. The van der Waals surface area contributed by atoms with E-state index in [9.17, 15) is 4.39 Å². The van der Waals surface area contributed by atoms with Crippen molar-refractivity contribution in [3.63, 3.8) is 0 Å². The second-order valence-corrected chi connectivity index (χ2v) is 4.93. The highest BCUT2D eigenvalue weighted by molar-refractivity contribution is 7.99. The molecule has 19 heavy (non-hydrogen) atoms. The van der Waals surface area contributed by atoms with Gasteiger partial charge in [0.15, 0.2) is 0 Å². The van der Waals surface area contributed by atoms with E-state index in [1.54, 1.807) is 42.1 Å². The number of nitriles is 1. The Labute approximate surface area is 115 Å². The molecule has 0 spiro atoms. The van der Waals surface area contributed by atoms with Gasteiger partial charge < -0.3 is 4.74 Å². The highest BCUT2D eigenvalue weighted by Gasteiger charge is 2.01. The van der Waals surface area contributed by atoms with Gasteiger partial charge in [-0.25, -0.2) is 4.39 Å². The van der Waals surface area contributed by atoms with Crippen LogP contribution < -0.4 is 4.74 Å². The molecule has 0 saturated carbocycles. The summed E-state index contributed by atoms with van der Waals surface area (Å²) < 4.78 is 18.3. The van der Waals surface area contributed by atoms with E-state index >= 15 is 0 Å². The molecule has 0 saturated heterocycles. The molecule has 0 N–H and O–H groups in total. The minimum Gasteiger partial charge on any atom is -0.491 e. The van der Waals surface area contributed by atoms with Crippen molar-refractivity contribution >= 4 is 11.8 Å². The van der Waals surface area contributed by atoms with Crippen LogP contribution in [0.1, 0.15) is 5.56 Å². The number of hydrogen-bond acceptors (Lipinski definition) is 3. The predicted molar refractivity (Wildman–Crippen MR) is 73.8 cm³/mol. The summed E-state index contributed by atoms with van der Waals surface area (Å²) in [7, 11) is 0. The lowest BCUT2D eigenvalue weighted by atomic mass is 10.2. The normalized spacial score (nSPS) is 9.89. The van der Waals surface area contributed by atoms with Gasteiger partial charge in [0.2, 0.25) is 0 Å². The average molecular weight is 273 g/mol. The molecular formula is C15H12FNOS. The number of nitrogens with zero attached hydrogens (tertiary/aromatic N) is 1. The Morgan fingerprint density at radius 3 is 2.58 bits per heavy atom. The van der Waals surface area contributed by atoms with Gasteiger partial charge in [0.1, 0.15) is 17.6 Å². The van der Waals surface area contributed by atoms with Crippen molar-refractivity contribution in [1.82, 2.24) is 0 Å². The fraction of sp³-hybridized carbons (Fsp3) is 0.133. The second kappa shape index (κ2) is 6.81. The first-order valence-electron chi connectivity index (χ1n) is 5.80. The molecule has 0 aliphatic carbocycles. The SMILES string of the molecule is N#Cc1ccccc1OCCSc1ccc(F)cc1. The fourth-order valence-corrected chi connectivity index (χ4v) is 2.26. The topological polar surface area (TPSA) is 33.0 Å². The van der Waals surface area contributed by atoms with Gasteiger partial charge in [-0.1, -0.05) is 12.1 Å². The minimum absolute atomic E-state index is 0.233. The zero-order valence-electron chi connectivity index (χ0n) is 10.2. The molecule has 0 unspecified atom stereocenters. The molecule has 4 heteroatoms. The molecule has 0 atom stereocenters. The number of halogens is 1. The van der Waals surface area contributed by atoms with Crippen LogP contribution >= 0.6 is 11.8 Å². The summed E-state index contributed by atoms with van der Waals surface area (Å²) in [5.74, 6) is 1.11.